The summed E-state index contributed by atoms with van der Waals surface area (Å²) in [5.41, 5.74) is 0.490. The number of sulfonamides is 1. The van der Waals surface area contributed by atoms with E-state index < -0.39 is 15.8 Å². The van der Waals surface area contributed by atoms with E-state index in [1.165, 1.54) is 12.4 Å². The lowest BCUT2D eigenvalue weighted by atomic mass is 10.4. The minimum Gasteiger partial charge on any atom is -0.285 e. The normalized spacial score (nSPS) is 12.2. The molecule has 0 fully saturated rings. The summed E-state index contributed by atoms with van der Waals surface area (Å²) >= 11 is 0. The van der Waals surface area contributed by atoms with Gasteiger partial charge in [0.05, 0.1) is 6.20 Å². The van der Waals surface area contributed by atoms with Crippen LogP contribution in [0.3, 0.4) is 0 Å². The molecule has 0 spiro atoms. The molecule has 74 valence electrons. The van der Waals surface area contributed by atoms with Crippen molar-refractivity contribution in [1.82, 2.24) is 14.9 Å². The standard InChI is InChI=1S/C5H7F2N3O2S/c6-5(7)13(11,12)10-3-4-1-8-9-2-4/h1-2,5,10H,3H2,(H,8,9). The van der Waals surface area contributed by atoms with Crippen molar-refractivity contribution >= 4 is 10.0 Å². The fourth-order valence-electron chi connectivity index (χ4n) is 0.621. The summed E-state index contributed by atoms with van der Waals surface area (Å²) in [6, 6.07) is 0. The van der Waals surface area contributed by atoms with E-state index in [4.69, 9.17) is 0 Å². The van der Waals surface area contributed by atoms with Crippen LogP contribution in [0, 0.1) is 0 Å². The number of alkyl halides is 2. The molecule has 1 aromatic rings. The Hall–Kier alpha value is -1.02. The van der Waals surface area contributed by atoms with Crippen LogP contribution in [-0.2, 0) is 16.6 Å². The Morgan fingerprint density at radius 3 is 2.77 bits per heavy atom. The maximum absolute atomic E-state index is 11.8. The summed E-state index contributed by atoms with van der Waals surface area (Å²) in [5, 5.41) is 5.94. The summed E-state index contributed by atoms with van der Waals surface area (Å²) < 4.78 is 46.3. The fourth-order valence-corrected chi connectivity index (χ4v) is 1.12. The number of nitrogens with zero attached hydrogens (tertiary/aromatic N) is 1. The van der Waals surface area contributed by atoms with E-state index in [0.717, 1.165) is 0 Å². The first-order valence-electron chi connectivity index (χ1n) is 3.26. The predicted molar refractivity (Wildman–Crippen MR) is 40.4 cm³/mol. The molecule has 5 nitrogen and oxygen atoms in total. The van der Waals surface area contributed by atoms with Crippen molar-refractivity contribution in [2.24, 2.45) is 0 Å². The second-order valence-corrected chi connectivity index (χ2v) is 3.97. The van der Waals surface area contributed by atoms with Crippen LogP contribution >= 0.6 is 0 Å². The van der Waals surface area contributed by atoms with Crippen molar-refractivity contribution in [1.29, 1.82) is 0 Å². The number of halogens is 2. The van der Waals surface area contributed by atoms with Gasteiger partial charge in [-0.05, 0) is 0 Å². The monoisotopic (exact) mass is 211 g/mol. The van der Waals surface area contributed by atoms with Crippen molar-refractivity contribution in [3.63, 3.8) is 0 Å². The van der Waals surface area contributed by atoms with Crippen LogP contribution in [0.25, 0.3) is 0 Å². The molecule has 1 rings (SSSR count). The van der Waals surface area contributed by atoms with Crippen LogP contribution in [0.5, 0.6) is 0 Å². The quantitative estimate of drug-likeness (QED) is 0.739. The van der Waals surface area contributed by atoms with Gasteiger partial charge in [0.1, 0.15) is 0 Å². The molecule has 0 aliphatic rings. The van der Waals surface area contributed by atoms with E-state index in [9.17, 15) is 17.2 Å². The van der Waals surface area contributed by atoms with Gasteiger partial charge in [0, 0.05) is 18.3 Å². The summed E-state index contributed by atoms with van der Waals surface area (Å²) in [6.45, 7) is -0.191. The van der Waals surface area contributed by atoms with Gasteiger partial charge in [-0.2, -0.15) is 13.9 Å². The van der Waals surface area contributed by atoms with Crippen LogP contribution in [-0.4, -0.2) is 24.4 Å². The van der Waals surface area contributed by atoms with Crippen molar-refractivity contribution in [3.05, 3.63) is 18.0 Å². The predicted octanol–water partition coefficient (Wildman–Crippen LogP) is 0.0517. The van der Waals surface area contributed by atoms with Crippen molar-refractivity contribution in [2.75, 3.05) is 0 Å². The number of hydrogen-bond donors (Lipinski definition) is 2. The minimum absolute atomic E-state index is 0.191. The van der Waals surface area contributed by atoms with Gasteiger partial charge in [0.2, 0.25) is 0 Å². The first-order chi connectivity index (χ1) is 6.02. The van der Waals surface area contributed by atoms with Crippen molar-refractivity contribution in [2.45, 2.75) is 12.3 Å². The molecule has 0 amide bonds. The minimum atomic E-state index is -4.50. The van der Waals surface area contributed by atoms with Crippen molar-refractivity contribution in [3.8, 4) is 0 Å². The first-order valence-corrected chi connectivity index (χ1v) is 4.81. The zero-order chi connectivity index (χ0) is 9.90. The van der Waals surface area contributed by atoms with Gasteiger partial charge in [0.15, 0.2) is 0 Å². The highest BCUT2D eigenvalue weighted by Crippen LogP contribution is 2.03. The van der Waals surface area contributed by atoms with Gasteiger partial charge in [-0.25, -0.2) is 13.1 Å². The Balaban J connectivity index is 2.53. The van der Waals surface area contributed by atoms with Gasteiger partial charge in [-0.1, -0.05) is 0 Å². The number of rotatable bonds is 4. The largest absolute Gasteiger partial charge is 0.350 e. The zero-order valence-corrected chi connectivity index (χ0v) is 7.18. The van der Waals surface area contributed by atoms with Crippen LogP contribution in [0.4, 0.5) is 8.78 Å². The smallest absolute Gasteiger partial charge is 0.285 e. The van der Waals surface area contributed by atoms with Gasteiger partial charge >= 0.3 is 5.76 Å². The van der Waals surface area contributed by atoms with E-state index in [1.54, 1.807) is 4.72 Å². The Morgan fingerprint density at radius 2 is 2.31 bits per heavy atom. The van der Waals surface area contributed by atoms with E-state index in [2.05, 4.69) is 10.2 Å². The molecule has 0 unspecified atom stereocenters. The van der Waals surface area contributed by atoms with Gasteiger partial charge in [0.25, 0.3) is 10.0 Å². The average molecular weight is 211 g/mol. The number of aromatic nitrogens is 2. The van der Waals surface area contributed by atoms with Crippen molar-refractivity contribution < 1.29 is 17.2 Å². The van der Waals surface area contributed by atoms with E-state index in [1.807, 2.05) is 0 Å². The third-order valence-electron chi connectivity index (χ3n) is 1.27. The average Bonchev–Trinajstić information content (AvgIpc) is 2.52. The Bertz CT molecular complexity index is 348. The molecular weight excluding hydrogens is 204 g/mol. The van der Waals surface area contributed by atoms with E-state index in [0.29, 0.717) is 5.56 Å². The van der Waals surface area contributed by atoms with Crippen LogP contribution < -0.4 is 4.72 Å². The molecule has 0 saturated heterocycles. The molecular formula is C5H7F2N3O2S. The van der Waals surface area contributed by atoms with Gasteiger partial charge in [-0.3, -0.25) is 5.10 Å². The summed E-state index contributed by atoms with van der Waals surface area (Å²) in [4.78, 5) is 0. The first kappa shape index (κ1) is 10.1. The highest BCUT2D eigenvalue weighted by atomic mass is 32.2. The maximum atomic E-state index is 11.8. The lowest BCUT2D eigenvalue weighted by molar-refractivity contribution is 0.232. The molecule has 0 saturated carbocycles. The molecule has 0 radical (unpaired) electrons. The lowest BCUT2D eigenvalue weighted by Gasteiger charge is -2.02. The molecule has 1 heterocycles. The number of aromatic amines is 1. The molecule has 8 heteroatoms. The topological polar surface area (TPSA) is 74.8 Å². The second kappa shape index (κ2) is 3.79. The zero-order valence-electron chi connectivity index (χ0n) is 6.37. The number of nitrogens with one attached hydrogen (secondary N) is 2. The SMILES string of the molecule is O=S(=O)(NCc1cn[nH]c1)C(F)F. The van der Waals surface area contributed by atoms with E-state index in [-0.39, 0.29) is 6.54 Å². The molecule has 13 heavy (non-hydrogen) atoms. The van der Waals surface area contributed by atoms with E-state index >= 15 is 0 Å². The second-order valence-electron chi connectivity index (χ2n) is 2.23. The molecule has 0 aromatic carbocycles. The van der Waals surface area contributed by atoms with Gasteiger partial charge < -0.3 is 0 Å². The van der Waals surface area contributed by atoms with Crippen LogP contribution in [0.1, 0.15) is 5.56 Å². The summed E-state index contributed by atoms with van der Waals surface area (Å²) in [7, 11) is -4.50. The van der Waals surface area contributed by atoms with Crippen LogP contribution in [0.15, 0.2) is 12.4 Å². The fraction of sp³-hybridized carbons (Fsp3) is 0.400. The summed E-state index contributed by atoms with van der Waals surface area (Å²) in [6.07, 6.45) is 2.75. The third kappa shape index (κ3) is 2.74. The Kier molecular flexibility index (Phi) is 2.94. The maximum Gasteiger partial charge on any atom is 0.350 e. The highest BCUT2D eigenvalue weighted by molar-refractivity contribution is 7.89. The Labute approximate surface area is 73.2 Å². The molecule has 0 aliphatic heterocycles. The third-order valence-corrected chi connectivity index (χ3v) is 2.28. The summed E-state index contributed by atoms with van der Waals surface area (Å²) in [5.74, 6) is -3.40. The molecule has 1 aromatic heterocycles. The Morgan fingerprint density at radius 1 is 1.62 bits per heavy atom. The molecule has 0 aliphatic carbocycles. The lowest BCUT2D eigenvalue weighted by Crippen LogP contribution is -2.28. The van der Waals surface area contributed by atoms with Gasteiger partial charge in [-0.15, -0.1) is 0 Å². The highest BCUT2D eigenvalue weighted by Gasteiger charge is 2.22. The van der Waals surface area contributed by atoms with Crippen LogP contribution in [0.2, 0.25) is 0 Å². The molecule has 0 atom stereocenters. The molecule has 2 N–H and O–H groups in total. The number of hydrogen-bond acceptors (Lipinski definition) is 3. The number of H-pyrrole nitrogens is 1. The molecule has 0 bridgehead atoms.